The van der Waals surface area contributed by atoms with Gasteiger partial charge in [-0.3, -0.25) is 4.79 Å². The van der Waals surface area contributed by atoms with Gasteiger partial charge in [-0.25, -0.2) is 4.79 Å². The lowest BCUT2D eigenvalue weighted by Crippen LogP contribution is -2.51. The van der Waals surface area contributed by atoms with E-state index >= 15 is 0 Å². The summed E-state index contributed by atoms with van der Waals surface area (Å²) in [4.78, 5) is 24.7. The number of hydrogen-bond donors (Lipinski definition) is 2. The average molecular weight is 312 g/mol. The lowest BCUT2D eigenvalue weighted by atomic mass is 10.2. The van der Waals surface area contributed by atoms with E-state index in [-0.39, 0.29) is 18.5 Å². The molecule has 5 nitrogen and oxygen atoms in total. The highest BCUT2D eigenvalue weighted by atomic mass is 79.9. The molecular formula is C12H14BrN3O2. The van der Waals surface area contributed by atoms with E-state index < -0.39 is 0 Å². The molecule has 1 aromatic rings. The first-order valence-electron chi connectivity index (χ1n) is 5.65. The fraction of sp³-hybridized carbons (Fsp3) is 0.333. The Kier molecular flexibility index (Phi) is 3.86. The third-order valence-electron chi connectivity index (χ3n) is 2.77. The highest BCUT2D eigenvalue weighted by Gasteiger charge is 2.21. The number of halogens is 1. The Labute approximate surface area is 114 Å². The van der Waals surface area contributed by atoms with E-state index in [0.717, 1.165) is 15.7 Å². The molecule has 3 amide bonds. The Morgan fingerprint density at radius 3 is 3.00 bits per heavy atom. The molecule has 0 radical (unpaired) electrons. The molecule has 0 atom stereocenters. The standard InChI is InChI=1S/C12H14BrN3O2/c1-8-2-3-9(13)6-10(8)15-12(18)16-5-4-14-11(17)7-16/h2-3,6H,4-5,7H2,1H3,(H,14,17)(H,15,18). The van der Waals surface area contributed by atoms with E-state index in [0.29, 0.717) is 13.1 Å². The van der Waals surface area contributed by atoms with Crippen molar-refractivity contribution in [1.29, 1.82) is 0 Å². The van der Waals surface area contributed by atoms with E-state index in [1.807, 2.05) is 25.1 Å². The minimum absolute atomic E-state index is 0.110. The van der Waals surface area contributed by atoms with Gasteiger partial charge in [0.25, 0.3) is 0 Å². The van der Waals surface area contributed by atoms with E-state index in [1.54, 1.807) is 0 Å². The summed E-state index contributed by atoms with van der Waals surface area (Å²) in [6.07, 6.45) is 0. The molecule has 0 aliphatic carbocycles. The van der Waals surface area contributed by atoms with Crippen LogP contribution in [0.4, 0.5) is 10.5 Å². The van der Waals surface area contributed by atoms with Crippen molar-refractivity contribution in [2.75, 3.05) is 25.0 Å². The lowest BCUT2D eigenvalue weighted by molar-refractivity contribution is -0.123. The maximum Gasteiger partial charge on any atom is 0.322 e. The Hall–Kier alpha value is -1.56. The van der Waals surface area contributed by atoms with Gasteiger partial charge < -0.3 is 15.5 Å². The van der Waals surface area contributed by atoms with Gasteiger partial charge in [0.1, 0.15) is 6.54 Å². The molecule has 1 aliphatic heterocycles. The van der Waals surface area contributed by atoms with Crippen molar-refractivity contribution in [3.05, 3.63) is 28.2 Å². The van der Waals surface area contributed by atoms with E-state index in [9.17, 15) is 9.59 Å². The van der Waals surface area contributed by atoms with Crippen molar-refractivity contribution in [2.45, 2.75) is 6.92 Å². The van der Waals surface area contributed by atoms with Crippen molar-refractivity contribution in [2.24, 2.45) is 0 Å². The van der Waals surface area contributed by atoms with Crippen LogP contribution in [0.25, 0.3) is 0 Å². The third kappa shape index (κ3) is 3.01. The first-order chi connectivity index (χ1) is 8.56. The molecule has 1 aromatic carbocycles. The molecule has 1 saturated heterocycles. The molecule has 0 saturated carbocycles. The molecule has 96 valence electrons. The van der Waals surface area contributed by atoms with Crippen LogP contribution in [0.2, 0.25) is 0 Å². The van der Waals surface area contributed by atoms with Crippen molar-refractivity contribution in [3.63, 3.8) is 0 Å². The highest BCUT2D eigenvalue weighted by molar-refractivity contribution is 9.10. The van der Waals surface area contributed by atoms with Gasteiger partial charge in [0.05, 0.1) is 0 Å². The molecule has 1 heterocycles. The largest absolute Gasteiger partial charge is 0.353 e. The molecule has 1 aliphatic rings. The zero-order chi connectivity index (χ0) is 13.1. The molecule has 0 unspecified atom stereocenters. The Balaban J connectivity index is 2.06. The number of urea groups is 1. The Morgan fingerprint density at radius 1 is 1.50 bits per heavy atom. The summed E-state index contributed by atoms with van der Waals surface area (Å²) in [7, 11) is 0. The van der Waals surface area contributed by atoms with Gasteiger partial charge >= 0.3 is 6.03 Å². The second kappa shape index (κ2) is 5.39. The topological polar surface area (TPSA) is 61.4 Å². The van der Waals surface area contributed by atoms with E-state index in [1.165, 1.54) is 4.90 Å². The predicted molar refractivity (Wildman–Crippen MR) is 72.5 cm³/mol. The number of hydrogen-bond acceptors (Lipinski definition) is 2. The maximum absolute atomic E-state index is 12.0. The van der Waals surface area contributed by atoms with Crippen LogP contribution in [-0.4, -0.2) is 36.5 Å². The van der Waals surface area contributed by atoms with Crippen molar-refractivity contribution in [1.82, 2.24) is 10.2 Å². The quantitative estimate of drug-likeness (QED) is 0.829. The number of amides is 3. The number of rotatable bonds is 1. The summed E-state index contributed by atoms with van der Waals surface area (Å²) < 4.78 is 0.903. The van der Waals surface area contributed by atoms with Gasteiger partial charge in [-0.2, -0.15) is 0 Å². The van der Waals surface area contributed by atoms with Crippen LogP contribution in [0.1, 0.15) is 5.56 Å². The predicted octanol–water partition coefficient (Wildman–Crippen LogP) is 1.72. The first-order valence-corrected chi connectivity index (χ1v) is 6.44. The zero-order valence-electron chi connectivity index (χ0n) is 10.00. The number of nitrogens with zero attached hydrogens (tertiary/aromatic N) is 1. The van der Waals surface area contributed by atoms with Crippen LogP contribution in [0.3, 0.4) is 0 Å². The van der Waals surface area contributed by atoms with E-state index in [4.69, 9.17) is 0 Å². The minimum atomic E-state index is -0.244. The highest BCUT2D eigenvalue weighted by Crippen LogP contribution is 2.21. The fourth-order valence-corrected chi connectivity index (χ4v) is 2.10. The van der Waals surface area contributed by atoms with Gasteiger partial charge in [-0.1, -0.05) is 22.0 Å². The number of aryl methyl sites for hydroxylation is 1. The van der Waals surface area contributed by atoms with Crippen LogP contribution in [-0.2, 0) is 4.79 Å². The molecule has 2 N–H and O–H groups in total. The summed E-state index contributed by atoms with van der Waals surface area (Å²) in [5.74, 6) is -0.123. The summed E-state index contributed by atoms with van der Waals surface area (Å²) >= 11 is 3.36. The van der Waals surface area contributed by atoms with Crippen molar-refractivity contribution < 1.29 is 9.59 Å². The van der Waals surface area contributed by atoms with Gasteiger partial charge in [0, 0.05) is 23.2 Å². The summed E-state index contributed by atoms with van der Waals surface area (Å²) in [5.41, 5.74) is 1.73. The number of benzene rings is 1. The molecule has 18 heavy (non-hydrogen) atoms. The number of carbonyl (C=O) groups excluding carboxylic acids is 2. The third-order valence-corrected chi connectivity index (χ3v) is 3.26. The molecule has 1 fully saturated rings. The number of carbonyl (C=O) groups is 2. The number of piperazine rings is 1. The summed E-state index contributed by atoms with van der Waals surface area (Å²) in [6, 6.07) is 5.44. The van der Waals surface area contributed by atoms with Gasteiger partial charge in [0.15, 0.2) is 0 Å². The molecule has 0 bridgehead atoms. The SMILES string of the molecule is Cc1ccc(Br)cc1NC(=O)N1CCNC(=O)C1. The fourth-order valence-electron chi connectivity index (χ4n) is 1.74. The molecule has 6 heteroatoms. The first kappa shape index (κ1) is 12.9. The molecule has 0 spiro atoms. The minimum Gasteiger partial charge on any atom is -0.353 e. The van der Waals surface area contributed by atoms with Crippen LogP contribution < -0.4 is 10.6 Å². The van der Waals surface area contributed by atoms with Gasteiger partial charge in [-0.05, 0) is 24.6 Å². The second-order valence-electron chi connectivity index (χ2n) is 4.16. The second-order valence-corrected chi connectivity index (χ2v) is 5.08. The van der Waals surface area contributed by atoms with E-state index in [2.05, 4.69) is 26.6 Å². The number of anilines is 1. The molecular weight excluding hydrogens is 298 g/mol. The zero-order valence-corrected chi connectivity index (χ0v) is 11.6. The lowest BCUT2D eigenvalue weighted by Gasteiger charge is -2.27. The van der Waals surface area contributed by atoms with Crippen molar-refractivity contribution >= 4 is 33.6 Å². The molecule has 2 rings (SSSR count). The van der Waals surface area contributed by atoms with Crippen LogP contribution in [0.15, 0.2) is 22.7 Å². The van der Waals surface area contributed by atoms with Gasteiger partial charge in [-0.15, -0.1) is 0 Å². The number of nitrogens with one attached hydrogen (secondary N) is 2. The van der Waals surface area contributed by atoms with Crippen LogP contribution >= 0.6 is 15.9 Å². The average Bonchev–Trinajstić information content (AvgIpc) is 2.34. The Morgan fingerprint density at radius 2 is 2.28 bits per heavy atom. The monoisotopic (exact) mass is 311 g/mol. The smallest absolute Gasteiger partial charge is 0.322 e. The van der Waals surface area contributed by atoms with Crippen LogP contribution in [0.5, 0.6) is 0 Å². The Bertz CT molecular complexity index is 490. The maximum atomic E-state index is 12.0. The molecule has 0 aromatic heterocycles. The summed E-state index contributed by atoms with van der Waals surface area (Å²) in [5, 5.41) is 5.50. The van der Waals surface area contributed by atoms with Gasteiger partial charge in [0.2, 0.25) is 5.91 Å². The van der Waals surface area contributed by atoms with Crippen LogP contribution in [0, 0.1) is 6.92 Å². The normalized spacial score (nSPS) is 15.2. The van der Waals surface area contributed by atoms with Crippen molar-refractivity contribution in [3.8, 4) is 0 Å². The summed E-state index contributed by atoms with van der Waals surface area (Å²) in [6.45, 7) is 3.07.